The van der Waals surface area contributed by atoms with Gasteiger partial charge in [0.25, 0.3) is 0 Å². The molecule has 2 rings (SSSR count). The number of carboxylic acids is 1. The minimum Gasteiger partial charge on any atom is -0.475 e. The van der Waals surface area contributed by atoms with Crippen LogP contribution in [0.15, 0.2) is 16.5 Å². The van der Waals surface area contributed by atoms with E-state index in [4.69, 9.17) is 9.52 Å². The summed E-state index contributed by atoms with van der Waals surface area (Å²) in [6.45, 7) is 5.98. The maximum atomic E-state index is 10.7. The number of carbonyl (C=O) groups is 1. The van der Waals surface area contributed by atoms with Crippen molar-refractivity contribution in [2.24, 2.45) is 0 Å². The number of furan rings is 1. The summed E-state index contributed by atoms with van der Waals surface area (Å²) in [6, 6.07) is 3.81. The van der Waals surface area contributed by atoms with Gasteiger partial charge in [0.15, 0.2) is 0 Å². The molecule has 0 spiro atoms. The molecule has 2 heterocycles. The minimum atomic E-state index is -1.02. The Morgan fingerprint density at radius 2 is 2.44 bits per heavy atom. The summed E-state index contributed by atoms with van der Waals surface area (Å²) in [5, 5.41) is 12.1. The molecular formula is C13H20N2O3. The molecule has 0 bridgehead atoms. The highest BCUT2D eigenvalue weighted by Gasteiger charge is 2.22. The second kappa shape index (κ2) is 6.02. The van der Waals surface area contributed by atoms with Crippen LogP contribution in [0.2, 0.25) is 0 Å². The summed E-state index contributed by atoms with van der Waals surface area (Å²) in [4.78, 5) is 13.1. The summed E-state index contributed by atoms with van der Waals surface area (Å²) in [5.74, 6) is -0.342. The van der Waals surface area contributed by atoms with Crippen molar-refractivity contribution in [3.8, 4) is 0 Å². The minimum absolute atomic E-state index is 0.00264. The molecule has 1 atom stereocenters. The summed E-state index contributed by atoms with van der Waals surface area (Å²) < 4.78 is 5.19. The van der Waals surface area contributed by atoms with Gasteiger partial charge in [-0.15, -0.1) is 0 Å². The molecular weight excluding hydrogens is 232 g/mol. The largest absolute Gasteiger partial charge is 0.475 e. The van der Waals surface area contributed by atoms with E-state index in [1.165, 1.54) is 25.5 Å². The maximum absolute atomic E-state index is 10.7. The fraction of sp³-hybridized carbons (Fsp3) is 0.615. The molecule has 1 aliphatic heterocycles. The van der Waals surface area contributed by atoms with Crippen LogP contribution in [0.3, 0.4) is 0 Å². The van der Waals surface area contributed by atoms with Crippen molar-refractivity contribution in [1.29, 1.82) is 0 Å². The van der Waals surface area contributed by atoms with E-state index < -0.39 is 5.97 Å². The molecule has 1 fully saturated rings. The average Bonchev–Trinajstić information content (AvgIpc) is 2.97. The Kier molecular flexibility index (Phi) is 4.38. The molecule has 5 nitrogen and oxygen atoms in total. The standard InChI is InChI=1S/C13H20N2O3/c1-2-15-7-3-4-10(15)8-14-9-11-5-6-12(18-11)13(16)17/h5-6,10,14H,2-4,7-9H2,1H3,(H,16,17). The zero-order valence-electron chi connectivity index (χ0n) is 10.7. The molecule has 1 aliphatic rings. The smallest absolute Gasteiger partial charge is 0.371 e. The maximum Gasteiger partial charge on any atom is 0.371 e. The van der Waals surface area contributed by atoms with E-state index in [1.807, 2.05) is 0 Å². The van der Waals surface area contributed by atoms with Crippen LogP contribution in [0.1, 0.15) is 36.1 Å². The molecule has 0 saturated carbocycles. The van der Waals surface area contributed by atoms with E-state index in [9.17, 15) is 4.79 Å². The number of likely N-dealkylation sites (N-methyl/N-ethyl adjacent to an activating group) is 1. The normalized spacial score (nSPS) is 20.4. The van der Waals surface area contributed by atoms with Gasteiger partial charge in [-0.2, -0.15) is 0 Å². The number of hydrogen-bond acceptors (Lipinski definition) is 4. The molecule has 0 aliphatic carbocycles. The van der Waals surface area contributed by atoms with E-state index in [-0.39, 0.29) is 5.76 Å². The molecule has 1 aromatic rings. The summed E-state index contributed by atoms with van der Waals surface area (Å²) in [6.07, 6.45) is 2.50. The topological polar surface area (TPSA) is 65.7 Å². The third kappa shape index (κ3) is 3.11. The van der Waals surface area contributed by atoms with E-state index in [2.05, 4.69) is 17.1 Å². The van der Waals surface area contributed by atoms with Crippen LogP contribution in [0.25, 0.3) is 0 Å². The Labute approximate surface area is 107 Å². The zero-order chi connectivity index (χ0) is 13.0. The lowest BCUT2D eigenvalue weighted by atomic mass is 10.2. The van der Waals surface area contributed by atoms with Crippen LogP contribution in [0, 0.1) is 0 Å². The Bertz CT molecular complexity index is 403. The first kappa shape index (κ1) is 13.1. The first-order valence-electron chi connectivity index (χ1n) is 6.47. The van der Waals surface area contributed by atoms with Gasteiger partial charge in [0.2, 0.25) is 5.76 Å². The monoisotopic (exact) mass is 252 g/mol. The van der Waals surface area contributed by atoms with Crippen LogP contribution in [0.4, 0.5) is 0 Å². The van der Waals surface area contributed by atoms with Gasteiger partial charge < -0.3 is 14.8 Å². The van der Waals surface area contributed by atoms with Gasteiger partial charge in [-0.25, -0.2) is 4.79 Å². The third-order valence-electron chi connectivity index (χ3n) is 3.46. The lowest BCUT2D eigenvalue weighted by Crippen LogP contribution is -2.37. The quantitative estimate of drug-likeness (QED) is 0.804. The first-order valence-corrected chi connectivity index (χ1v) is 6.47. The van der Waals surface area contributed by atoms with E-state index in [1.54, 1.807) is 6.07 Å². The predicted octanol–water partition coefficient (Wildman–Crippen LogP) is 1.55. The van der Waals surface area contributed by atoms with Crippen molar-refractivity contribution < 1.29 is 14.3 Å². The molecule has 1 saturated heterocycles. The Hall–Kier alpha value is -1.33. The molecule has 2 N–H and O–H groups in total. The van der Waals surface area contributed by atoms with Gasteiger partial charge in [-0.3, -0.25) is 4.90 Å². The molecule has 0 amide bonds. The summed E-state index contributed by atoms with van der Waals surface area (Å²) in [5.41, 5.74) is 0. The molecule has 18 heavy (non-hydrogen) atoms. The van der Waals surface area contributed by atoms with Gasteiger partial charge in [-0.05, 0) is 38.1 Å². The van der Waals surface area contributed by atoms with Crippen LogP contribution < -0.4 is 5.32 Å². The third-order valence-corrected chi connectivity index (χ3v) is 3.46. The number of likely N-dealkylation sites (tertiary alicyclic amines) is 1. The fourth-order valence-electron chi connectivity index (χ4n) is 2.49. The fourth-order valence-corrected chi connectivity index (χ4v) is 2.49. The van der Waals surface area contributed by atoms with E-state index in [0.29, 0.717) is 18.3 Å². The SMILES string of the molecule is CCN1CCCC1CNCc1ccc(C(=O)O)o1. The van der Waals surface area contributed by atoms with Crippen molar-refractivity contribution in [3.63, 3.8) is 0 Å². The second-order valence-corrected chi connectivity index (χ2v) is 4.63. The number of nitrogens with one attached hydrogen (secondary N) is 1. The Morgan fingerprint density at radius 3 is 3.11 bits per heavy atom. The number of rotatable bonds is 6. The second-order valence-electron chi connectivity index (χ2n) is 4.63. The van der Waals surface area contributed by atoms with Crippen molar-refractivity contribution in [2.45, 2.75) is 32.4 Å². The highest BCUT2D eigenvalue weighted by Crippen LogP contribution is 2.15. The number of nitrogens with zero attached hydrogens (tertiary/aromatic N) is 1. The molecule has 0 aromatic carbocycles. The van der Waals surface area contributed by atoms with Crippen LogP contribution >= 0.6 is 0 Å². The Balaban J connectivity index is 1.76. The zero-order valence-corrected chi connectivity index (χ0v) is 10.7. The van der Waals surface area contributed by atoms with Crippen LogP contribution in [-0.4, -0.2) is 41.7 Å². The lowest BCUT2D eigenvalue weighted by molar-refractivity contribution is 0.0660. The van der Waals surface area contributed by atoms with Crippen molar-refractivity contribution in [1.82, 2.24) is 10.2 Å². The Morgan fingerprint density at radius 1 is 1.61 bits per heavy atom. The van der Waals surface area contributed by atoms with Crippen LogP contribution in [0.5, 0.6) is 0 Å². The molecule has 1 unspecified atom stereocenters. The molecule has 0 radical (unpaired) electrons. The van der Waals surface area contributed by atoms with Gasteiger partial charge >= 0.3 is 5.97 Å². The number of carboxylic acid groups (broad SMARTS) is 1. The number of aromatic carboxylic acids is 1. The van der Waals surface area contributed by atoms with Crippen molar-refractivity contribution in [2.75, 3.05) is 19.6 Å². The highest BCUT2D eigenvalue weighted by molar-refractivity contribution is 5.84. The first-order chi connectivity index (χ1) is 8.70. The van der Waals surface area contributed by atoms with Gasteiger partial charge in [0, 0.05) is 12.6 Å². The molecule has 1 aromatic heterocycles. The van der Waals surface area contributed by atoms with Gasteiger partial charge in [0.05, 0.1) is 6.54 Å². The highest BCUT2D eigenvalue weighted by atomic mass is 16.4. The van der Waals surface area contributed by atoms with Crippen molar-refractivity contribution >= 4 is 5.97 Å². The lowest BCUT2D eigenvalue weighted by Gasteiger charge is -2.22. The van der Waals surface area contributed by atoms with Crippen LogP contribution in [-0.2, 0) is 6.54 Å². The van der Waals surface area contributed by atoms with E-state index in [0.717, 1.165) is 13.1 Å². The van der Waals surface area contributed by atoms with Gasteiger partial charge in [-0.1, -0.05) is 6.92 Å². The van der Waals surface area contributed by atoms with Gasteiger partial charge in [0.1, 0.15) is 5.76 Å². The molecule has 100 valence electrons. The number of hydrogen-bond donors (Lipinski definition) is 2. The average molecular weight is 252 g/mol. The van der Waals surface area contributed by atoms with E-state index >= 15 is 0 Å². The van der Waals surface area contributed by atoms with Crippen molar-refractivity contribution in [3.05, 3.63) is 23.7 Å². The summed E-state index contributed by atoms with van der Waals surface area (Å²) >= 11 is 0. The summed E-state index contributed by atoms with van der Waals surface area (Å²) in [7, 11) is 0. The molecule has 5 heteroatoms. The predicted molar refractivity (Wildman–Crippen MR) is 67.6 cm³/mol.